The van der Waals surface area contributed by atoms with Crippen molar-refractivity contribution in [2.24, 2.45) is 11.8 Å². The number of ether oxygens (including phenoxy) is 1. The van der Waals surface area contributed by atoms with Gasteiger partial charge in [-0.2, -0.15) is 0 Å². The summed E-state index contributed by atoms with van der Waals surface area (Å²) in [5.41, 5.74) is 1.68. The summed E-state index contributed by atoms with van der Waals surface area (Å²) in [6.07, 6.45) is 2.50. The van der Waals surface area contributed by atoms with Gasteiger partial charge in [-0.15, -0.1) is 0 Å². The minimum atomic E-state index is -0.234. The lowest BCUT2D eigenvalue weighted by molar-refractivity contribution is -0.153. The molecule has 2 heterocycles. The van der Waals surface area contributed by atoms with Crippen LogP contribution < -0.4 is 0 Å². The number of oxazole rings is 1. The highest BCUT2D eigenvalue weighted by Gasteiger charge is 2.40. The van der Waals surface area contributed by atoms with Crippen LogP contribution in [-0.4, -0.2) is 41.5 Å². The van der Waals surface area contributed by atoms with Crippen molar-refractivity contribution in [3.8, 4) is 0 Å². The number of fused-ring (bicyclic) bond motifs is 1. The molecule has 1 saturated heterocycles. The molecule has 1 amide bonds. The fourth-order valence-corrected chi connectivity index (χ4v) is 3.42. The van der Waals surface area contributed by atoms with Crippen LogP contribution in [0.2, 0.25) is 0 Å². The van der Waals surface area contributed by atoms with Gasteiger partial charge >= 0.3 is 5.97 Å². The number of hydrogen-bond donors (Lipinski definition) is 0. The number of para-hydroxylation sites is 2. The molecule has 0 N–H and O–H groups in total. The van der Waals surface area contributed by atoms with E-state index < -0.39 is 0 Å². The summed E-state index contributed by atoms with van der Waals surface area (Å²) in [7, 11) is 0. The lowest BCUT2D eigenvalue weighted by Gasteiger charge is -2.30. The first-order valence-corrected chi connectivity index (χ1v) is 8.91. The molecule has 2 fully saturated rings. The SMILES string of the molecule is C[C@H]1C[C@@H]1C(=O)OCC(=O)N1CCC(c2nc3ccccc3o2)CC1. The Morgan fingerprint density at radius 2 is 2.00 bits per heavy atom. The zero-order chi connectivity index (χ0) is 17.4. The predicted octanol–water partition coefficient (Wildman–Crippen LogP) is 2.73. The Morgan fingerprint density at radius 3 is 2.68 bits per heavy atom. The van der Waals surface area contributed by atoms with Crippen molar-refractivity contribution in [2.75, 3.05) is 19.7 Å². The van der Waals surface area contributed by atoms with Crippen LogP contribution in [0, 0.1) is 11.8 Å². The summed E-state index contributed by atoms with van der Waals surface area (Å²) in [6.45, 7) is 3.15. The Kier molecular flexibility index (Phi) is 4.19. The fraction of sp³-hybridized carbons (Fsp3) is 0.526. The number of rotatable bonds is 4. The summed E-state index contributed by atoms with van der Waals surface area (Å²) >= 11 is 0. The number of carbonyl (C=O) groups excluding carboxylic acids is 2. The maximum atomic E-state index is 12.2. The van der Waals surface area contributed by atoms with Gasteiger partial charge in [-0.05, 0) is 37.3 Å². The Balaban J connectivity index is 1.28. The van der Waals surface area contributed by atoms with Crippen LogP contribution in [0.3, 0.4) is 0 Å². The first-order valence-electron chi connectivity index (χ1n) is 8.91. The van der Waals surface area contributed by atoms with Crippen LogP contribution in [0.15, 0.2) is 28.7 Å². The van der Waals surface area contributed by atoms with Crippen LogP contribution in [0.25, 0.3) is 11.1 Å². The van der Waals surface area contributed by atoms with Crippen molar-refractivity contribution in [2.45, 2.75) is 32.1 Å². The van der Waals surface area contributed by atoms with E-state index in [2.05, 4.69) is 4.98 Å². The summed E-state index contributed by atoms with van der Waals surface area (Å²) < 4.78 is 11.0. The molecule has 0 bridgehead atoms. The number of piperidine rings is 1. The van der Waals surface area contributed by atoms with Gasteiger partial charge in [0.25, 0.3) is 5.91 Å². The first kappa shape index (κ1) is 16.1. The second-order valence-electron chi connectivity index (χ2n) is 7.10. The van der Waals surface area contributed by atoms with Gasteiger partial charge in [0.15, 0.2) is 18.1 Å². The van der Waals surface area contributed by atoms with E-state index in [0.717, 1.165) is 36.3 Å². The lowest BCUT2D eigenvalue weighted by atomic mass is 9.97. The number of nitrogens with zero attached hydrogens (tertiary/aromatic N) is 2. The zero-order valence-corrected chi connectivity index (χ0v) is 14.3. The standard InChI is InChI=1S/C19H22N2O4/c1-12-10-14(12)19(23)24-11-17(22)21-8-6-13(7-9-21)18-20-15-4-2-3-5-16(15)25-18/h2-5,12-14H,6-11H2,1H3/t12-,14-/m0/s1. The molecule has 1 aromatic carbocycles. The second kappa shape index (κ2) is 6.50. The van der Waals surface area contributed by atoms with Gasteiger partial charge in [0.1, 0.15) is 5.52 Å². The van der Waals surface area contributed by atoms with E-state index in [9.17, 15) is 9.59 Å². The Labute approximate surface area is 146 Å². The third kappa shape index (κ3) is 3.38. The van der Waals surface area contributed by atoms with Crippen LogP contribution in [0.4, 0.5) is 0 Å². The van der Waals surface area contributed by atoms with E-state index in [-0.39, 0.29) is 30.3 Å². The van der Waals surface area contributed by atoms with Gasteiger partial charge in [-0.3, -0.25) is 9.59 Å². The first-order chi connectivity index (χ1) is 12.1. The number of carbonyl (C=O) groups is 2. The third-order valence-electron chi connectivity index (χ3n) is 5.26. The highest BCUT2D eigenvalue weighted by molar-refractivity contribution is 5.82. The molecule has 132 valence electrons. The van der Waals surface area contributed by atoms with Crippen molar-refractivity contribution in [1.82, 2.24) is 9.88 Å². The van der Waals surface area contributed by atoms with Gasteiger partial charge < -0.3 is 14.1 Å². The second-order valence-corrected chi connectivity index (χ2v) is 7.10. The zero-order valence-electron chi connectivity index (χ0n) is 14.3. The van der Waals surface area contributed by atoms with Gasteiger partial charge in [-0.1, -0.05) is 19.1 Å². The monoisotopic (exact) mass is 342 g/mol. The molecule has 4 rings (SSSR count). The van der Waals surface area contributed by atoms with Gasteiger partial charge in [0.05, 0.1) is 5.92 Å². The Hall–Kier alpha value is -2.37. The fourth-order valence-electron chi connectivity index (χ4n) is 3.42. The van der Waals surface area contributed by atoms with Crippen molar-refractivity contribution < 1.29 is 18.7 Å². The number of amides is 1. The minimum Gasteiger partial charge on any atom is -0.455 e. The number of benzene rings is 1. The topological polar surface area (TPSA) is 72.6 Å². The number of hydrogen-bond acceptors (Lipinski definition) is 5. The third-order valence-corrected chi connectivity index (χ3v) is 5.26. The average Bonchev–Trinajstić information content (AvgIpc) is 3.21. The maximum absolute atomic E-state index is 12.2. The summed E-state index contributed by atoms with van der Waals surface area (Å²) in [5, 5.41) is 0. The molecule has 1 saturated carbocycles. The molecule has 2 atom stereocenters. The number of aromatic nitrogens is 1. The highest BCUT2D eigenvalue weighted by atomic mass is 16.5. The van der Waals surface area contributed by atoms with E-state index in [1.807, 2.05) is 31.2 Å². The van der Waals surface area contributed by atoms with Crippen LogP contribution in [0.1, 0.15) is 38.0 Å². The van der Waals surface area contributed by atoms with Gasteiger partial charge in [0.2, 0.25) is 0 Å². The minimum absolute atomic E-state index is 0.00213. The van der Waals surface area contributed by atoms with Gasteiger partial charge in [0, 0.05) is 19.0 Å². The molecule has 1 aromatic heterocycles. The predicted molar refractivity (Wildman–Crippen MR) is 90.8 cm³/mol. The highest BCUT2D eigenvalue weighted by Crippen LogP contribution is 2.38. The van der Waals surface area contributed by atoms with E-state index >= 15 is 0 Å². The van der Waals surface area contributed by atoms with E-state index in [4.69, 9.17) is 9.15 Å². The van der Waals surface area contributed by atoms with E-state index in [1.165, 1.54) is 0 Å². The summed E-state index contributed by atoms with van der Waals surface area (Å²) in [6, 6.07) is 7.73. The molecule has 0 radical (unpaired) electrons. The van der Waals surface area contributed by atoms with Crippen molar-refractivity contribution in [3.05, 3.63) is 30.2 Å². The lowest BCUT2D eigenvalue weighted by Crippen LogP contribution is -2.40. The van der Waals surface area contributed by atoms with Crippen molar-refractivity contribution in [3.63, 3.8) is 0 Å². The van der Waals surface area contributed by atoms with Crippen LogP contribution in [0.5, 0.6) is 0 Å². The van der Waals surface area contributed by atoms with Crippen LogP contribution >= 0.6 is 0 Å². The maximum Gasteiger partial charge on any atom is 0.309 e. The van der Waals surface area contributed by atoms with Crippen molar-refractivity contribution in [1.29, 1.82) is 0 Å². The normalized spacial score (nSPS) is 23.6. The number of likely N-dealkylation sites (tertiary alicyclic amines) is 1. The van der Waals surface area contributed by atoms with E-state index in [0.29, 0.717) is 19.0 Å². The van der Waals surface area contributed by atoms with Crippen molar-refractivity contribution >= 4 is 23.0 Å². The summed E-state index contributed by atoms with van der Waals surface area (Å²) in [5.74, 6) is 1.03. The summed E-state index contributed by atoms with van der Waals surface area (Å²) in [4.78, 5) is 30.3. The molecule has 2 aliphatic rings. The smallest absolute Gasteiger partial charge is 0.309 e. The quantitative estimate of drug-likeness (QED) is 0.799. The molecular formula is C19H22N2O4. The molecule has 0 unspecified atom stereocenters. The van der Waals surface area contributed by atoms with E-state index in [1.54, 1.807) is 4.90 Å². The largest absolute Gasteiger partial charge is 0.455 e. The number of esters is 1. The molecule has 6 nitrogen and oxygen atoms in total. The molecule has 25 heavy (non-hydrogen) atoms. The Bertz CT molecular complexity index is 759. The molecular weight excluding hydrogens is 320 g/mol. The van der Waals surface area contributed by atoms with Gasteiger partial charge in [-0.25, -0.2) is 4.98 Å². The average molecular weight is 342 g/mol. The Morgan fingerprint density at radius 1 is 1.28 bits per heavy atom. The van der Waals surface area contributed by atoms with Crippen LogP contribution in [-0.2, 0) is 14.3 Å². The molecule has 2 aromatic rings. The molecule has 1 aliphatic carbocycles. The molecule has 6 heteroatoms. The molecule has 1 aliphatic heterocycles. The molecule has 0 spiro atoms.